The van der Waals surface area contributed by atoms with Crippen molar-refractivity contribution in [2.24, 2.45) is 11.8 Å². The second kappa shape index (κ2) is 8.52. The minimum atomic E-state index is 0.899. The van der Waals surface area contributed by atoms with E-state index < -0.39 is 0 Å². The molecule has 2 nitrogen and oxygen atoms in total. The van der Waals surface area contributed by atoms with Crippen LogP contribution in [0.4, 0.5) is 0 Å². The molecule has 1 saturated heterocycles. The zero-order valence-corrected chi connectivity index (χ0v) is 9.69. The molecule has 0 aliphatic carbocycles. The lowest BCUT2D eigenvalue weighted by Crippen LogP contribution is -2.40. The van der Waals surface area contributed by atoms with E-state index in [1.165, 1.54) is 32.5 Å². The normalized spacial score (nSPS) is 27.7. The Hall–Kier alpha value is -0.0800. The number of hydrogen-bond acceptors (Lipinski definition) is 2. The fourth-order valence-corrected chi connectivity index (χ4v) is 1.99. The molecule has 0 aromatic carbocycles. The number of rotatable bonds is 3. The van der Waals surface area contributed by atoms with Crippen molar-refractivity contribution in [3.05, 3.63) is 0 Å². The minimum Gasteiger partial charge on any atom is -0.319 e. The third-order valence-corrected chi connectivity index (χ3v) is 2.76. The van der Waals surface area contributed by atoms with Gasteiger partial charge in [0.25, 0.3) is 0 Å². The summed E-state index contributed by atoms with van der Waals surface area (Å²) in [7, 11) is 2.05. The van der Waals surface area contributed by atoms with Crippen molar-refractivity contribution in [1.29, 1.82) is 0 Å². The molecule has 1 aliphatic heterocycles. The quantitative estimate of drug-likeness (QED) is 0.703. The Morgan fingerprint density at radius 2 is 2.00 bits per heavy atom. The van der Waals surface area contributed by atoms with Crippen molar-refractivity contribution in [3.63, 3.8) is 0 Å². The standard InChI is InChI=1S/C9H20N2.C2H6/c1-3-8-7-11-5-4-9(8)6-10-2;1-2/h8-11H,3-7H2,1-2H3;1-2H3. The average molecular weight is 186 g/mol. The molecule has 1 heterocycles. The molecule has 2 heteroatoms. The lowest BCUT2D eigenvalue weighted by Gasteiger charge is -2.31. The van der Waals surface area contributed by atoms with Crippen LogP contribution in [-0.2, 0) is 0 Å². The van der Waals surface area contributed by atoms with Crippen molar-refractivity contribution in [3.8, 4) is 0 Å². The molecule has 0 saturated carbocycles. The molecule has 0 aromatic rings. The maximum Gasteiger partial charge on any atom is -0.00175 e. The fourth-order valence-electron chi connectivity index (χ4n) is 1.99. The van der Waals surface area contributed by atoms with E-state index in [9.17, 15) is 0 Å². The molecule has 1 aliphatic rings. The van der Waals surface area contributed by atoms with Crippen LogP contribution < -0.4 is 10.6 Å². The van der Waals surface area contributed by atoms with E-state index in [0.29, 0.717) is 0 Å². The van der Waals surface area contributed by atoms with Gasteiger partial charge in [0.15, 0.2) is 0 Å². The maximum absolute atomic E-state index is 3.45. The van der Waals surface area contributed by atoms with Gasteiger partial charge in [0, 0.05) is 0 Å². The third kappa shape index (κ3) is 4.63. The number of piperidine rings is 1. The molecule has 2 atom stereocenters. The first-order valence-corrected chi connectivity index (χ1v) is 5.73. The lowest BCUT2D eigenvalue weighted by atomic mass is 9.85. The van der Waals surface area contributed by atoms with Crippen LogP contribution in [0.15, 0.2) is 0 Å². The summed E-state index contributed by atoms with van der Waals surface area (Å²) in [6.45, 7) is 9.92. The summed E-state index contributed by atoms with van der Waals surface area (Å²) in [4.78, 5) is 0. The Balaban J connectivity index is 0.000000671. The zero-order valence-electron chi connectivity index (χ0n) is 9.69. The van der Waals surface area contributed by atoms with Gasteiger partial charge in [0.2, 0.25) is 0 Å². The van der Waals surface area contributed by atoms with Crippen LogP contribution in [0.5, 0.6) is 0 Å². The van der Waals surface area contributed by atoms with Gasteiger partial charge in [0.05, 0.1) is 0 Å². The van der Waals surface area contributed by atoms with Crippen molar-refractivity contribution in [1.82, 2.24) is 10.6 Å². The van der Waals surface area contributed by atoms with Gasteiger partial charge < -0.3 is 10.6 Å². The summed E-state index contributed by atoms with van der Waals surface area (Å²) in [5, 5.41) is 6.72. The molecule has 2 unspecified atom stereocenters. The first kappa shape index (κ1) is 12.9. The summed E-state index contributed by atoms with van der Waals surface area (Å²) >= 11 is 0. The molecule has 0 aromatic heterocycles. The van der Waals surface area contributed by atoms with Gasteiger partial charge >= 0.3 is 0 Å². The summed E-state index contributed by atoms with van der Waals surface area (Å²) < 4.78 is 0. The molecular formula is C11H26N2. The van der Waals surface area contributed by atoms with E-state index in [2.05, 4.69) is 24.6 Å². The Labute approximate surface area is 83.5 Å². The highest BCUT2D eigenvalue weighted by Crippen LogP contribution is 2.20. The second-order valence-electron chi connectivity index (χ2n) is 3.48. The van der Waals surface area contributed by atoms with Gasteiger partial charge in [-0.05, 0) is 44.9 Å². The predicted octanol–water partition coefficient (Wildman–Crippen LogP) is 1.87. The SMILES string of the molecule is CC.CCC1CNCCC1CNC. The molecule has 0 radical (unpaired) electrons. The van der Waals surface area contributed by atoms with Crippen LogP contribution in [0.3, 0.4) is 0 Å². The molecule has 0 bridgehead atoms. The van der Waals surface area contributed by atoms with Crippen LogP contribution in [0.2, 0.25) is 0 Å². The fraction of sp³-hybridized carbons (Fsp3) is 1.00. The molecule has 80 valence electrons. The lowest BCUT2D eigenvalue weighted by molar-refractivity contribution is 0.244. The second-order valence-corrected chi connectivity index (χ2v) is 3.48. The number of nitrogens with one attached hydrogen (secondary N) is 2. The highest BCUT2D eigenvalue weighted by Gasteiger charge is 2.21. The Morgan fingerprint density at radius 3 is 2.54 bits per heavy atom. The van der Waals surface area contributed by atoms with Crippen LogP contribution in [0.25, 0.3) is 0 Å². The average Bonchev–Trinajstić information content (AvgIpc) is 2.22. The highest BCUT2D eigenvalue weighted by molar-refractivity contribution is 4.77. The van der Waals surface area contributed by atoms with Crippen molar-refractivity contribution in [2.45, 2.75) is 33.6 Å². The van der Waals surface area contributed by atoms with Crippen LogP contribution in [0, 0.1) is 11.8 Å². The first-order chi connectivity index (χ1) is 6.38. The van der Waals surface area contributed by atoms with E-state index in [4.69, 9.17) is 0 Å². The van der Waals surface area contributed by atoms with Gasteiger partial charge in [-0.25, -0.2) is 0 Å². The Morgan fingerprint density at radius 1 is 1.31 bits per heavy atom. The minimum absolute atomic E-state index is 0.899. The zero-order chi connectivity index (χ0) is 10.1. The van der Waals surface area contributed by atoms with E-state index >= 15 is 0 Å². The van der Waals surface area contributed by atoms with Crippen molar-refractivity contribution < 1.29 is 0 Å². The predicted molar refractivity (Wildman–Crippen MR) is 60.0 cm³/mol. The van der Waals surface area contributed by atoms with Crippen molar-refractivity contribution >= 4 is 0 Å². The molecule has 1 rings (SSSR count). The largest absolute Gasteiger partial charge is 0.319 e. The summed E-state index contributed by atoms with van der Waals surface area (Å²) in [6, 6.07) is 0. The van der Waals surface area contributed by atoms with E-state index in [0.717, 1.165) is 11.8 Å². The van der Waals surface area contributed by atoms with Crippen LogP contribution >= 0.6 is 0 Å². The Kier molecular flexibility index (Phi) is 8.46. The van der Waals surface area contributed by atoms with E-state index in [1.807, 2.05) is 13.8 Å². The van der Waals surface area contributed by atoms with Gasteiger partial charge in [-0.2, -0.15) is 0 Å². The van der Waals surface area contributed by atoms with Crippen LogP contribution in [0.1, 0.15) is 33.6 Å². The molecule has 1 fully saturated rings. The smallest absolute Gasteiger partial charge is 0.00175 e. The van der Waals surface area contributed by atoms with Gasteiger partial charge in [-0.1, -0.05) is 27.2 Å². The Bertz CT molecular complexity index is 102. The molecule has 0 spiro atoms. The van der Waals surface area contributed by atoms with Crippen molar-refractivity contribution in [2.75, 3.05) is 26.7 Å². The van der Waals surface area contributed by atoms with Crippen LogP contribution in [-0.4, -0.2) is 26.7 Å². The van der Waals surface area contributed by atoms with E-state index in [1.54, 1.807) is 0 Å². The molecular weight excluding hydrogens is 160 g/mol. The topological polar surface area (TPSA) is 24.1 Å². The first-order valence-electron chi connectivity index (χ1n) is 5.73. The maximum atomic E-state index is 3.45. The summed E-state index contributed by atoms with van der Waals surface area (Å²) in [5.74, 6) is 1.81. The summed E-state index contributed by atoms with van der Waals surface area (Å²) in [6.07, 6.45) is 2.67. The third-order valence-electron chi connectivity index (χ3n) is 2.76. The summed E-state index contributed by atoms with van der Waals surface area (Å²) in [5.41, 5.74) is 0. The molecule has 2 N–H and O–H groups in total. The van der Waals surface area contributed by atoms with Gasteiger partial charge in [0.1, 0.15) is 0 Å². The monoisotopic (exact) mass is 186 g/mol. The van der Waals surface area contributed by atoms with Gasteiger partial charge in [-0.3, -0.25) is 0 Å². The van der Waals surface area contributed by atoms with E-state index in [-0.39, 0.29) is 0 Å². The highest BCUT2D eigenvalue weighted by atomic mass is 14.9. The number of hydrogen-bond donors (Lipinski definition) is 2. The molecule has 0 amide bonds. The van der Waals surface area contributed by atoms with Gasteiger partial charge in [-0.15, -0.1) is 0 Å². The molecule has 13 heavy (non-hydrogen) atoms.